The smallest absolute Gasteiger partial charge is 0.300 e. The van der Waals surface area contributed by atoms with E-state index in [0.29, 0.717) is 11.3 Å². The van der Waals surface area contributed by atoms with Gasteiger partial charge in [-0.15, -0.1) is 0 Å². The number of amides is 1. The van der Waals surface area contributed by atoms with Gasteiger partial charge in [-0.1, -0.05) is 0 Å². The third-order valence-corrected chi connectivity index (χ3v) is 5.46. The number of nitrogens with zero attached hydrogens (tertiary/aromatic N) is 4. The molecule has 1 aliphatic heterocycles. The largest absolute Gasteiger partial charge is 0.507 e. The number of nitro groups is 1. The Balaban J connectivity index is 1.87. The van der Waals surface area contributed by atoms with Crippen molar-refractivity contribution in [1.29, 1.82) is 0 Å². The van der Waals surface area contributed by atoms with Gasteiger partial charge in [0.2, 0.25) is 0 Å². The topological polar surface area (TPSA) is 117 Å². The van der Waals surface area contributed by atoms with Crippen LogP contribution in [0.25, 0.3) is 5.76 Å². The Bertz CT molecular complexity index is 1250. The summed E-state index contributed by atoms with van der Waals surface area (Å²) in [6.07, 6.45) is 3.08. The lowest BCUT2D eigenvalue weighted by Gasteiger charge is -2.26. The predicted molar refractivity (Wildman–Crippen MR) is 123 cm³/mol. The number of aliphatic hydroxyl groups is 1. The maximum Gasteiger partial charge on any atom is 0.300 e. The molecule has 1 aliphatic rings. The van der Waals surface area contributed by atoms with Crippen LogP contribution in [0.2, 0.25) is 0 Å². The Labute approximate surface area is 189 Å². The van der Waals surface area contributed by atoms with Gasteiger partial charge in [0.25, 0.3) is 17.4 Å². The number of benzene rings is 2. The van der Waals surface area contributed by atoms with Crippen LogP contribution in [0.3, 0.4) is 0 Å². The predicted octanol–water partition coefficient (Wildman–Crippen LogP) is 3.68. The van der Waals surface area contributed by atoms with E-state index < -0.39 is 28.4 Å². The summed E-state index contributed by atoms with van der Waals surface area (Å²) in [6.45, 7) is 0. The zero-order valence-electron chi connectivity index (χ0n) is 17.9. The first-order chi connectivity index (χ1) is 15.8. The minimum absolute atomic E-state index is 0.100. The average Bonchev–Trinajstić information content (AvgIpc) is 3.09. The molecule has 9 heteroatoms. The number of carbonyl (C=O) groups is 2. The van der Waals surface area contributed by atoms with Crippen LogP contribution in [-0.4, -0.2) is 40.8 Å². The second-order valence-electron chi connectivity index (χ2n) is 7.66. The number of ketones is 1. The van der Waals surface area contributed by atoms with E-state index in [2.05, 4.69) is 4.98 Å². The molecule has 166 valence electrons. The van der Waals surface area contributed by atoms with Crippen LogP contribution >= 0.6 is 0 Å². The van der Waals surface area contributed by atoms with Crippen LogP contribution in [-0.2, 0) is 9.59 Å². The van der Waals surface area contributed by atoms with Crippen LogP contribution < -0.4 is 9.80 Å². The highest BCUT2D eigenvalue weighted by molar-refractivity contribution is 6.51. The van der Waals surface area contributed by atoms with E-state index in [-0.39, 0.29) is 16.8 Å². The first-order valence-corrected chi connectivity index (χ1v) is 10.0. The molecular formula is C24H20N4O5. The minimum Gasteiger partial charge on any atom is -0.507 e. The van der Waals surface area contributed by atoms with Crippen molar-refractivity contribution in [2.45, 2.75) is 6.04 Å². The second kappa shape index (κ2) is 8.54. The van der Waals surface area contributed by atoms with Gasteiger partial charge in [-0.25, -0.2) is 0 Å². The molecule has 0 bridgehead atoms. The van der Waals surface area contributed by atoms with E-state index in [0.717, 1.165) is 5.69 Å². The summed E-state index contributed by atoms with van der Waals surface area (Å²) >= 11 is 0. The van der Waals surface area contributed by atoms with Gasteiger partial charge in [0.15, 0.2) is 0 Å². The van der Waals surface area contributed by atoms with E-state index in [4.69, 9.17) is 0 Å². The molecule has 0 spiro atoms. The molecule has 1 aromatic heterocycles. The van der Waals surface area contributed by atoms with Crippen molar-refractivity contribution < 1.29 is 19.6 Å². The highest BCUT2D eigenvalue weighted by Crippen LogP contribution is 2.42. The summed E-state index contributed by atoms with van der Waals surface area (Å²) in [5.41, 5.74) is 1.94. The molecule has 0 saturated carbocycles. The minimum atomic E-state index is -0.895. The monoisotopic (exact) mass is 444 g/mol. The highest BCUT2D eigenvalue weighted by Gasteiger charge is 2.47. The lowest BCUT2D eigenvalue weighted by molar-refractivity contribution is -0.384. The number of anilines is 2. The normalized spacial score (nSPS) is 17.3. The molecule has 2 heterocycles. The van der Waals surface area contributed by atoms with Gasteiger partial charge < -0.3 is 10.0 Å². The summed E-state index contributed by atoms with van der Waals surface area (Å²) in [5.74, 6) is -2.03. The van der Waals surface area contributed by atoms with E-state index in [1.54, 1.807) is 24.3 Å². The Morgan fingerprint density at radius 3 is 2.15 bits per heavy atom. The van der Waals surface area contributed by atoms with Crippen molar-refractivity contribution >= 4 is 34.5 Å². The van der Waals surface area contributed by atoms with E-state index in [1.165, 1.54) is 41.6 Å². The molecule has 1 fully saturated rings. The van der Waals surface area contributed by atoms with Crippen LogP contribution in [0, 0.1) is 10.1 Å². The SMILES string of the molecule is CN(C)c1ccc(N2C(=O)C(=O)/C(=C(\O)c3ccc([N+](=O)[O-])cc3)C2c2ccncc2)cc1. The van der Waals surface area contributed by atoms with Gasteiger partial charge in [0, 0.05) is 55.6 Å². The lowest BCUT2D eigenvalue weighted by atomic mass is 9.95. The Kier molecular flexibility index (Phi) is 5.61. The van der Waals surface area contributed by atoms with Gasteiger partial charge in [0.1, 0.15) is 5.76 Å². The number of aliphatic hydroxyl groups excluding tert-OH is 1. The van der Waals surface area contributed by atoms with Crippen molar-refractivity contribution in [3.8, 4) is 0 Å². The van der Waals surface area contributed by atoms with Crippen molar-refractivity contribution in [1.82, 2.24) is 4.98 Å². The highest BCUT2D eigenvalue weighted by atomic mass is 16.6. The first kappa shape index (κ1) is 21.7. The molecular weight excluding hydrogens is 424 g/mol. The zero-order chi connectivity index (χ0) is 23.7. The van der Waals surface area contributed by atoms with Crippen LogP contribution in [0.5, 0.6) is 0 Å². The average molecular weight is 444 g/mol. The van der Waals surface area contributed by atoms with Gasteiger partial charge >= 0.3 is 0 Å². The van der Waals surface area contributed by atoms with Gasteiger partial charge in [-0.2, -0.15) is 0 Å². The van der Waals surface area contributed by atoms with Crippen LogP contribution in [0.4, 0.5) is 17.1 Å². The summed E-state index contributed by atoms with van der Waals surface area (Å²) in [6, 6.07) is 14.7. The van der Waals surface area contributed by atoms with E-state index in [1.807, 2.05) is 31.1 Å². The van der Waals surface area contributed by atoms with Gasteiger partial charge in [-0.05, 0) is 54.1 Å². The number of nitro benzene ring substituents is 1. The molecule has 1 N–H and O–H groups in total. The number of non-ortho nitro benzene ring substituents is 1. The number of aromatic nitrogens is 1. The number of hydrogen-bond donors (Lipinski definition) is 1. The van der Waals surface area contributed by atoms with Crippen LogP contribution in [0.15, 0.2) is 78.6 Å². The number of hydrogen-bond acceptors (Lipinski definition) is 7. The van der Waals surface area contributed by atoms with Gasteiger partial charge in [-0.3, -0.25) is 29.6 Å². The fourth-order valence-electron chi connectivity index (χ4n) is 3.77. The fourth-order valence-corrected chi connectivity index (χ4v) is 3.77. The van der Waals surface area contributed by atoms with Gasteiger partial charge in [0.05, 0.1) is 16.5 Å². The quantitative estimate of drug-likeness (QED) is 0.210. The Hall–Kier alpha value is -4.53. The molecule has 1 amide bonds. The lowest BCUT2D eigenvalue weighted by Crippen LogP contribution is -2.29. The zero-order valence-corrected chi connectivity index (χ0v) is 17.9. The summed E-state index contributed by atoms with van der Waals surface area (Å²) in [5, 5.41) is 22.0. The number of rotatable bonds is 5. The molecule has 1 unspecified atom stereocenters. The van der Waals surface area contributed by atoms with E-state index in [9.17, 15) is 24.8 Å². The molecule has 3 aromatic rings. The van der Waals surface area contributed by atoms with E-state index >= 15 is 0 Å². The van der Waals surface area contributed by atoms with Crippen LogP contribution in [0.1, 0.15) is 17.2 Å². The molecule has 1 saturated heterocycles. The number of pyridine rings is 1. The molecule has 4 rings (SSSR count). The van der Waals surface area contributed by atoms with Crippen molar-refractivity contribution in [3.63, 3.8) is 0 Å². The third-order valence-electron chi connectivity index (χ3n) is 5.46. The molecule has 0 aliphatic carbocycles. The molecule has 2 aromatic carbocycles. The van der Waals surface area contributed by atoms with Crippen molar-refractivity contribution in [3.05, 3.63) is 99.9 Å². The standard InChI is InChI=1S/C24H20N4O5/c1-26(2)17-7-9-18(10-8-17)27-21(15-11-13-25-14-12-15)20(23(30)24(27)31)22(29)16-3-5-19(6-4-16)28(32)33/h3-14,21,29H,1-2H3/b22-20-. The molecule has 1 atom stereocenters. The number of carbonyl (C=O) groups excluding carboxylic acids is 2. The summed E-state index contributed by atoms with van der Waals surface area (Å²) in [7, 11) is 3.78. The maximum absolute atomic E-state index is 13.1. The molecule has 0 radical (unpaired) electrons. The molecule has 33 heavy (non-hydrogen) atoms. The maximum atomic E-state index is 13.1. The van der Waals surface area contributed by atoms with Crippen molar-refractivity contribution in [2.75, 3.05) is 23.9 Å². The summed E-state index contributed by atoms with van der Waals surface area (Å²) < 4.78 is 0. The Morgan fingerprint density at radius 2 is 1.61 bits per heavy atom. The molecule has 9 nitrogen and oxygen atoms in total. The third kappa shape index (κ3) is 3.91. The summed E-state index contributed by atoms with van der Waals surface area (Å²) in [4.78, 5) is 43.9. The number of Topliss-reactive ketones (excluding diaryl/α,β-unsaturated/α-hetero) is 1. The Morgan fingerprint density at radius 1 is 1.00 bits per heavy atom. The second-order valence-corrected chi connectivity index (χ2v) is 7.66. The first-order valence-electron chi connectivity index (χ1n) is 10.0. The van der Waals surface area contributed by atoms with Crippen molar-refractivity contribution in [2.24, 2.45) is 0 Å². The fraction of sp³-hybridized carbons (Fsp3) is 0.125.